The maximum Gasteiger partial charge on any atom is 0.261 e. The monoisotopic (exact) mass is 305 g/mol. The Labute approximate surface area is 130 Å². The van der Waals surface area contributed by atoms with Crippen molar-refractivity contribution < 1.29 is 9.53 Å². The van der Waals surface area contributed by atoms with Crippen LogP contribution in [0.25, 0.3) is 10.1 Å². The van der Waals surface area contributed by atoms with Gasteiger partial charge in [0.2, 0.25) is 0 Å². The van der Waals surface area contributed by atoms with Crippen molar-refractivity contribution in [3.8, 4) is 0 Å². The Morgan fingerprint density at radius 2 is 2.10 bits per heavy atom. The first kappa shape index (κ1) is 16.0. The fourth-order valence-corrected chi connectivity index (χ4v) is 3.29. The third kappa shape index (κ3) is 4.29. The summed E-state index contributed by atoms with van der Waals surface area (Å²) in [5.41, 5.74) is 1.07. The minimum Gasteiger partial charge on any atom is -0.381 e. The summed E-state index contributed by atoms with van der Waals surface area (Å²) in [6, 6.07) is 8.14. The highest BCUT2D eigenvalue weighted by Crippen LogP contribution is 2.30. The van der Waals surface area contributed by atoms with Gasteiger partial charge in [0.05, 0.1) is 4.88 Å². The number of carbonyl (C=O) groups excluding carboxylic acids is 1. The highest BCUT2D eigenvalue weighted by atomic mass is 32.1. The van der Waals surface area contributed by atoms with Gasteiger partial charge in [0.25, 0.3) is 5.91 Å². The molecule has 0 spiro atoms. The summed E-state index contributed by atoms with van der Waals surface area (Å²) in [6.07, 6.45) is 0.850. The molecule has 0 atom stereocenters. The van der Waals surface area contributed by atoms with E-state index in [0.29, 0.717) is 19.1 Å². The Morgan fingerprint density at radius 1 is 1.33 bits per heavy atom. The van der Waals surface area contributed by atoms with Crippen LogP contribution < -0.4 is 5.32 Å². The smallest absolute Gasteiger partial charge is 0.261 e. The van der Waals surface area contributed by atoms with Crippen LogP contribution in [0.4, 0.5) is 0 Å². The molecule has 4 heteroatoms. The van der Waals surface area contributed by atoms with Crippen LogP contribution in [-0.4, -0.2) is 25.7 Å². The molecular weight excluding hydrogens is 282 g/mol. The number of nitrogens with one attached hydrogen (secondary N) is 1. The maximum absolute atomic E-state index is 12.2. The van der Waals surface area contributed by atoms with Gasteiger partial charge in [-0.05, 0) is 36.3 Å². The highest BCUT2D eigenvalue weighted by molar-refractivity contribution is 7.21. The number of fused-ring (bicyclic) bond motifs is 1. The minimum absolute atomic E-state index is 0.0255. The second kappa shape index (κ2) is 7.57. The predicted molar refractivity (Wildman–Crippen MR) is 89.2 cm³/mol. The number of carbonyl (C=O) groups is 1. The average molecular weight is 305 g/mol. The summed E-state index contributed by atoms with van der Waals surface area (Å²) in [5.74, 6) is 0.582. The number of hydrogen-bond acceptors (Lipinski definition) is 3. The fourth-order valence-electron chi connectivity index (χ4n) is 2.17. The lowest BCUT2D eigenvalue weighted by Crippen LogP contribution is -2.25. The molecular formula is C17H23NO2S. The van der Waals surface area contributed by atoms with Crippen molar-refractivity contribution in [1.29, 1.82) is 0 Å². The van der Waals surface area contributed by atoms with E-state index in [1.54, 1.807) is 11.3 Å². The van der Waals surface area contributed by atoms with Crippen molar-refractivity contribution in [3.05, 3.63) is 34.7 Å². The Balaban J connectivity index is 1.84. The van der Waals surface area contributed by atoms with E-state index in [1.807, 2.05) is 19.1 Å². The molecule has 1 amide bonds. The fraction of sp³-hybridized carbons (Fsp3) is 0.471. The van der Waals surface area contributed by atoms with Crippen LogP contribution in [0.3, 0.4) is 0 Å². The van der Waals surface area contributed by atoms with Crippen LogP contribution in [0.1, 0.15) is 35.5 Å². The van der Waals surface area contributed by atoms with E-state index >= 15 is 0 Å². The number of amides is 1. The van der Waals surface area contributed by atoms with Gasteiger partial charge >= 0.3 is 0 Å². The number of aryl methyl sites for hydroxylation is 1. The van der Waals surface area contributed by atoms with E-state index in [9.17, 15) is 4.79 Å². The van der Waals surface area contributed by atoms with E-state index in [1.165, 1.54) is 10.1 Å². The Bertz CT molecular complexity index is 604. The molecule has 0 bridgehead atoms. The van der Waals surface area contributed by atoms with Crippen molar-refractivity contribution in [2.45, 2.75) is 27.2 Å². The second-order valence-electron chi connectivity index (χ2n) is 5.63. The Kier molecular flexibility index (Phi) is 5.76. The molecule has 0 unspecified atom stereocenters. The summed E-state index contributed by atoms with van der Waals surface area (Å²) in [7, 11) is 0. The lowest BCUT2D eigenvalue weighted by molar-refractivity contribution is 0.0928. The first-order valence-corrected chi connectivity index (χ1v) is 8.25. The Morgan fingerprint density at radius 3 is 2.81 bits per heavy atom. The summed E-state index contributed by atoms with van der Waals surface area (Å²) in [6.45, 7) is 8.41. The van der Waals surface area contributed by atoms with Gasteiger partial charge in [0.1, 0.15) is 0 Å². The number of ether oxygens (including phenoxy) is 1. The maximum atomic E-state index is 12.2. The average Bonchev–Trinajstić information content (AvgIpc) is 2.80. The van der Waals surface area contributed by atoms with Crippen LogP contribution in [-0.2, 0) is 4.74 Å². The van der Waals surface area contributed by atoms with E-state index in [4.69, 9.17) is 4.74 Å². The first-order valence-electron chi connectivity index (χ1n) is 7.43. The summed E-state index contributed by atoms with van der Waals surface area (Å²) in [5, 5.41) is 4.15. The van der Waals surface area contributed by atoms with E-state index in [2.05, 4.69) is 31.3 Å². The molecule has 1 aromatic heterocycles. The topological polar surface area (TPSA) is 38.3 Å². The molecule has 0 aliphatic heterocycles. The molecule has 0 fully saturated rings. The molecule has 0 aliphatic carbocycles. The molecule has 1 heterocycles. The minimum atomic E-state index is 0.0255. The molecule has 0 aliphatic rings. The van der Waals surface area contributed by atoms with Gasteiger partial charge in [-0.1, -0.05) is 32.0 Å². The van der Waals surface area contributed by atoms with Crippen LogP contribution in [0, 0.1) is 12.8 Å². The molecule has 1 aromatic carbocycles. The van der Waals surface area contributed by atoms with Crippen LogP contribution >= 0.6 is 11.3 Å². The standard InChI is InChI=1S/C17H23NO2S/c1-12(2)11-20-10-6-9-18-17(19)16-13(3)14-7-4-5-8-15(14)21-16/h4-5,7-8,12H,6,9-11H2,1-3H3,(H,18,19). The molecule has 21 heavy (non-hydrogen) atoms. The van der Waals surface area contributed by atoms with Crippen LogP contribution in [0.5, 0.6) is 0 Å². The normalized spacial score (nSPS) is 11.2. The van der Waals surface area contributed by atoms with Crippen molar-refractivity contribution in [3.63, 3.8) is 0 Å². The van der Waals surface area contributed by atoms with Crippen molar-refractivity contribution in [2.75, 3.05) is 19.8 Å². The zero-order valence-corrected chi connectivity index (χ0v) is 13.8. The zero-order valence-electron chi connectivity index (χ0n) is 12.9. The molecule has 0 saturated carbocycles. The van der Waals surface area contributed by atoms with E-state index in [0.717, 1.165) is 23.5 Å². The quantitative estimate of drug-likeness (QED) is 0.785. The molecule has 1 N–H and O–H groups in total. The molecule has 2 aromatic rings. The molecule has 3 nitrogen and oxygen atoms in total. The highest BCUT2D eigenvalue weighted by Gasteiger charge is 2.14. The van der Waals surface area contributed by atoms with Gasteiger partial charge in [-0.2, -0.15) is 0 Å². The third-order valence-electron chi connectivity index (χ3n) is 3.25. The van der Waals surface area contributed by atoms with Gasteiger partial charge in [-0.25, -0.2) is 0 Å². The van der Waals surface area contributed by atoms with Gasteiger partial charge in [0, 0.05) is 24.5 Å². The van der Waals surface area contributed by atoms with Gasteiger partial charge in [-0.15, -0.1) is 11.3 Å². The third-order valence-corrected chi connectivity index (χ3v) is 4.52. The van der Waals surface area contributed by atoms with Crippen LogP contribution in [0.15, 0.2) is 24.3 Å². The lowest BCUT2D eigenvalue weighted by Gasteiger charge is -2.07. The van der Waals surface area contributed by atoms with Gasteiger partial charge in [-0.3, -0.25) is 4.79 Å². The number of rotatable bonds is 7. The summed E-state index contributed by atoms with van der Waals surface area (Å²) >= 11 is 1.56. The lowest BCUT2D eigenvalue weighted by atomic mass is 10.1. The zero-order chi connectivity index (χ0) is 15.2. The summed E-state index contributed by atoms with van der Waals surface area (Å²) in [4.78, 5) is 13.1. The van der Waals surface area contributed by atoms with Gasteiger partial charge in [0.15, 0.2) is 0 Å². The van der Waals surface area contributed by atoms with Crippen molar-refractivity contribution in [1.82, 2.24) is 5.32 Å². The molecule has 2 rings (SSSR count). The first-order chi connectivity index (χ1) is 10.1. The predicted octanol–water partition coefficient (Wildman–Crippen LogP) is 4.00. The van der Waals surface area contributed by atoms with E-state index in [-0.39, 0.29) is 5.91 Å². The number of benzene rings is 1. The summed E-state index contributed by atoms with van der Waals surface area (Å²) < 4.78 is 6.67. The van der Waals surface area contributed by atoms with Crippen molar-refractivity contribution in [2.24, 2.45) is 5.92 Å². The Hall–Kier alpha value is -1.39. The van der Waals surface area contributed by atoms with E-state index < -0.39 is 0 Å². The van der Waals surface area contributed by atoms with Crippen molar-refractivity contribution >= 4 is 27.3 Å². The molecule has 114 valence electrons. The number of thiophene rings is 1. The number of hydrogen-bond donors (Lipinski definition) is 1. The molecule has 0 radical (unpaired) electrons. The molecule has 0 saturated heterocycles. The van der Waals surface area contributed by atoms with Crippen LogP contribution in [0.2, 0.25) is 0 Å². The van der Waals surface area contributed by atoms with Gasteiger partial charge < -0.3 is 10.1 Å². The SMILES string of the molecule is Cc1c(C(=O)NCCCOCC(C)C)sc2ccccc12. The second-order valence-corrected chi connectivity index (χ2v) is 6.68. The largest absolute Gasteiger partial charge is 0.381 e.